The van der Waals surface area contributed by atoms with E-state index in [9.17, 15) is 4.79 Å². The molecule has 6 heteroatoms. The predicted molar refractivity (Wildman–Crippen MR) is 83.5 cm³/mol. The van der Waals surface area contributed by atoms with E-state index < -0.39 is 0 Å². The molecule has 1 atom stereocenters. The summed E-state index contributed by atoms with van der Waals surface area (Å²) >= 11 is 6.28. The van der Waals surface area contributed by atoms with Crippen LogP contribution >= 0.6 is 11.6 Å². The van der Waals surface area contributed by atoms with Crippen LogP contribution in [0.5, 0.6) is 0 Å². The van der Waals surface area contributed by atoms with Gasteiger partial charge in [-0.1, -0.05) is 29.8 Å². The predicted octanol–water partition coefficient (Wildman–Crippen LogP) is 1.05. The second-order valence-corrected chi connectivity index (χ2v) is 5.41. The molecule has 1 saturated heterocycles. The number of benzene rings is 1. The molecular formula is C15H22ClN3O2. The van der Waals surface area contributed by atoms with Crippen molar-refractivity contribution in [1.29, 1.82) is 0 Å². The van der Waals surface area contributed by atoms with Gasteiger partial charge in [-0.3, -0.25) is 4.79 Å². The molecule has 1 amide bonds. The Morgan fingerprint density at radius 3 is 3.10 bits per heavy atom. The third kappa shape index (κ3) is 4.41. The fraction of sp³-hybridized carbons (Fsp3) is 0.533. The molecule has 1 aromatic rings. The summed E-state index contributed by atoms with van der Waals surface area (Å²) in [5.41, 5.74) is 0.997. The molecule has 1 aliphatic rings. The van der Waals surface area contributed by atoms with E-state index in [1.807, 2.05) is 29.2 Å². The number of methoxy groups -OCH3 is 1. The SMILES string of the molecule is COCCNCC(=O)N1CCNCC1c1ccccc1Cl. The average molecular weight is 312 g/mol. The summed E-state index contributed by atoms with van der Waals surface area (Å²) in [5, 5.41) is 7.13. The summed E-state index contributed by atoms with van der Waals surface area (Å²) in [7, 11) is 1.65. The molecule has 5 nitrogen and oxygen atoms in total. The normalized spacial score (nSPS) is 18.8. The molecule has 1 aromatic carbocycles. The van der Waals surface area contributed by atoms with Crippen molar-refractivity contribution in [3.63, 3.8) is 0 Å². The quantitative estimate of drug-likeness (QED) is 0.771. The van der Waals surface area contributed by atoms with Crippen LogP contribution in [0.3, 0.4) is 0 Å². The Bertz CT molecular complexity index is 470. The van der Waals surface area contributed by atoms with Crippen LogP contribution in [0.4, 0.5) is 0 Å². The first-order chi connectivity index (χ1) is 10.2. The van der Waals surface area contributed by atoms with Crippen molar-refractivity contribution in [2.24, 2.45) is 0 Å². The maximum absolute atomic E-state index is 12.4. The topological polar surface area (TPSA) is 53.6 Å². The van der Waals surface area contributed by atoms with Gasteiger partial charge in [-0.15, -0.1) is 0 Å². The first kappa shape index (κ1) is 16.2. The van der Waals surface area contributed by atoms with Crippen LogP contribution in [0, 0.1) is 0 Å². The molecule has 116 valence electrons. The Morgan fingerprint density at radius 1 is 1.52 bits per heavy atom. The molecule has 1 aliphatic heterocycles. The molecule has 2 N–H and O–H groups in total. The third-order valence-corrected chi connectivity index (χ3v) is 3.93. The Balaban J connectivity index is 2.02. The zero-order valence-corrected chi connectivity index (χ0v) is 13.0. The number of hydrogen-bond donors (Lipinski definition) is 2. The number of halogens is 1. The Hall–Kier alpha value is -1.14. The van der Waals surface area contributed by atoms with E-state index in [1.54, 1.807) is 7.11 Å². The molecule has 1 heterocycles. The third-order valence-electron chi connectivity index (χ3n) is 3.59. The summed E-state index contributed by atoms with van der Waals surface area (Å²) in [6.45, 7) is 3.83. The minimum atomic E-state index is -0.0100. The number of amides is 1. The van der Waals surface area contributed by atoms with Gasteiger partial charge in [0.2, 0.25) is 5.91 Å². The van der Waals surface area contributed by atoms with Crippen molar-refractivity contribution in [3.8, 4) is 0 Å². The molecule has 0 radical (unpaired) electrons. The van der Waals surface area contributed by atoms with Crippen LogP contribution in [0.1, 0.15) is 11.6 Å². The number of nitrogens with one attached hydrogen (secondary N) is 2. The number of nitrogens with zero attached hydrogens (tertiary/aromatic N) is 1. The minimum Gasteiger partial charge on any atom is -0.383 e. The highest BCUT2D eigenvalue weighted by molar-refractivity contribution is 6.31. The first-order valence-corrected chi connectivity index (χ1v) is 7.56. The van der Waals surface area contributed by atoms with Gasteiger partial charge in [0.05, 0.1) is 19.2 Å². The average Bonchev–Trinajstić information content (AvgIpc) is 2.52. The van der Waals surface area contributed by atoms with Gasteiger partial charge in [-0.2, -0.15) is 0 Å². The zero-order valence-electron chi connectivity index (χ0n) is 12.3. The van der Waals surface area contributed by atoms with Crippen molar-refractivity contribution in [3.05, 3.63) is 34.9 Å². The van der Waals surface area contributed by atoms with Crippen molar-refractivity contribution >= 4 is 17.5 Å². The lowest BCUT2D eigenvalue weighted by molar-refractivity contribution is -0.133. The van der Waals surface area contributed by atoms with E-state index in [2.05, 4.69) is 10.6 Å². The van der Waals surface area contributed by atoms with E-state index in [0.717, 1.165) is 18.7 Å². The van der Waals surface area contributed by atoms with E-state index >= 15 is 0 Å². The first-order valence-electron chi connectivity index (χ1n) is 7.18. The molecule has 1 unspecified atom stereocenters. The van der Waals surface area contributed by atoms with Gasteiger partial charge >= 0.3 is 0 Å². The molecule has 21 heavy (non-hydrogen) atoms. The van der Waals surface area contributed by atoms with Crippen LogP contribution in [-0.4, -0.2) is 57.2 Å². The van der Waals surface area contributed by atoms with Crippen LogP contribution in [-0.2, 0) is 9.53 Å². The van der Waals surface area contributed by atoms with Gasteiger partial charge in [0.15, 0.2) is 0 Å². The summed E-state index contributed by atoms with van der Waals surface area (Å²) in [6, 6.07) is 7.70. The molecule has 0 spiro atoms. The second kappa shape index (κ2) is 8.34. The number of ether oxygens (including phenoxy) is 1. The van der Waals surface area contributed by atoms with Crippen LogP contribution in [0.15, 0.2) is 24.3 Å². The Labute approximate surface area is 130 Å². The summed E-state index contributed by atoms with van der Waals surface area (Å²) < 4.78 is 4.96. The van der Waals surface area contributed by atoms with Gasteiger partial charge in [-0.25, -0.2) is 0 Å². The van der Waals surface area contributed by atoms with Crippen molar-refractivity contribution < 1.29 is 9.53 Å². The van der Waals surface area contributed by atoms with Crippen LogP contribution in [0.25, 0.3) is 0 Å². The molecular weight excluding hydrogens is 290 g/mol. The van der Waals surface area contributed by atoms with Gasteiger partial charge < -0.3 is 20.3 Å². The minimum absolute atomic E-state index is 0.0100. The Morgan fingerprint density at radius 2 is 2.33 bits per heavy atom. The zero-order chi connectivity index (χ0) is 15.1. The molecule has 0 bridgehead atoms. The van der Waals surface area contributed by atoms with Crippen molar-refractivity contribution in [1.82, 2.24) is 15.5 Å². The van der Waals surface area contributed by atoms with Crippen molar-refractivity contribution in [2.45, 2.75) is 6.04 Å². The van der Waals surface area contributed by atoms with Gasteiger partial charge in [0, 0.05) is 38.3 Å². The highest BCUT2D eigenvalue weighted by Crippen LogP contribution is 2.28. The number of piperazine rings is 1. The molecule has 0 saturated carbocycles. The van der Waals surface area contributed by atoms with Gasteiger partial charge in [0.25, 0.3) is 0 Å². The molecule has 1 fully saturated rings. The highest BCUT2D eigenvalue weighted by Gasteiger charge is 2.28. The largest absolute Gasteiger partial charge is 0.383 e. The summed E-state index contributed by atoms with van der Waals surface area (Å²) in [5.74, 6) is 0.0949. The lowest BCUT2D eigenvalue weighted by atomic mass is 10.0. The summed E-state index contributed by atoms with van der Waals surface area (Å²) in [4.78, 5) is 14.3. The van der Waals surface area contributed by atoms with E-state index in [1.165, 1.54) is 0 Å². The molecule has 0 aliphatic carbocycles. The Kier molecular flexibility index (Phi) is 6.45. The lowest BCUT2D eigenvalue weighted by Crippen LogP contribution is -2.51. The van der Waals surface area contributed by atoms with Gasteiger partial charge in [0.1, 0.15) is 0 Å². The number of carbonyl (C=O) groups is 1. The van der Waals surface area contributed by atoms with Crippen molar-refractivity contribution in [2.75, 3.05) is 46.4 Å². The van der Waals surface area contributed by atoms with Crippen LogP contribution in [0.2, 0.25) is 5.02 Å². The molecule has 2 rings (SSSR count). The standard InChI is InChI=1S/C15H22ClN3O2/c1-21-9-7-18-11-15(20)19-8-6-17-10-14(19)12-4-2-3-5-13(12)16/h2-5,14,17-18H,6-11H2,1H3. The number of rotatable bonds is 6. The molecule has 0 aromatic heterocycles. The second-order valence-electron chi connectivity index (χ2n) is 5.00. The van der Waals surface area contributed by atoms with E-state index in [0.29, 0.717) is 31.3 Å². The maximum atomic E-state index is 12.4. The fourth-order valence-electron chi connectivity index (χ4n) is 2.50. The fourth-order valence-corrected chi connectivity index (χ4v) is 2.76. The lowest BCUT2D eigenvalue weighted by Gasteiger charge is -2.37. The van der Waals surface area contributed by atoms with Gasteiger partial charge in [-0.05, 0) is 11.6 Å². The van der Waals surface area contributed by atoms with E-state index in [-0.39, 0.29) is 11.9 Å². The highest BCUT2D eigenvalue weighted by atomic mass is 35.5. The maximum Gasteiger partial charge on any atom is 0.237 e. The monoisotopic (exact) mass is 311 g/mol. The number of carbonyl (C=O) groups excluding carboxylic acids is 1. The smallest absolute Gasteiger partial charge is 0.237 e. The van der Waals surface area contributed by atoms with Crippen LogP contribution < -0.4 is 10.6 Å². The number of hydrogen-bond acceptors (Lipinski definition) is 4. The van der Waals surface area contributed by atoms with E-state index in [4.69, 9.17) is 16.3 Å². The summed E-state index contributed by atoms with van der Waals surface area (Å²) in [6.07, 6.45) is 0.